The molecule has 0 saturated heterocycles. The number of hydrazine groups is 1. The summed E-state index contributed by atoms with van der Waals surface area (Å²) in [7, 11) is 1.49. The smallest absolute Gasteiger partial charge is 0.335 e. The lowest BCUT2D eigenvalue weighted by molar-refractivity contribution is 0.0696. The third-order valence-electron chi connectivity index (χ3n) is 2.23. The zero-order valence-electron chi connectivity index (χ0n) is 9.65. The summed E-state index contributed by atoms with van der Waals surface area (Å²) in [6.45, 7) is 3.48. The summed E-state index contributed by atoms with van der Waals surface area (Å²) in [5.41, 5.74) is 0.181. The molecule has 0 bridgehead atoms. The van der Waals surface area contributed by atoms with Crippen LogP contribution in [0.15, 0.2) is 35.9 Å². The molecule has 0 atom stereocenters. The van der Waals surface area contributed by atoms with Gasteiger partial charge in [0.15, 0.2) is 0 Å². The highest BCUT2D eigenvalue weighted by molar-refractivity contribution is 6.34. The second-order valence-electron chi connectivity index (χ2n) is 3.51. The summed E-state index contributed by atoms with van der Waals surface area (Å²) in [5, 5.41) is 10.1. The van der Waals surface area contributed by atoms with Crippen molar-refractivity contribution in [3.05, 3.63) is 52.8 Å². The van der Waals surface area contributed by atoms with E-state index in [1.807, 2.05) is 0 Å². The number of rotatable bonds is 4. The Morgan fingerprint density at radius 1 is 1.61 bits per heavy atom. The molecule has 0 aromatic heterocycles. The summed E-state index contributed by atoms with van der Waals surface area (Å²) >= 11 is 5.89. The first-order valence-electron chi connectivity index (χ1n) is 4.92. The van der Waals surface area contributed by atoms with Crippen LogP contribution in [0.25, 0.3) is 5.70 Å². The first-order valence-corrected chi connectivity index (χ1v) is 5.30. The van der Waals surface area contributed by atoms with Gasteiger partial charge in [0.05, 0.1) is 16.3 Å². The standard InChI is InChI=1S/C12H12ClFN2O2/c1-3-9(13)11(16(2)15)8-5-4-7(12(17)18)6-10(8)14/h3-6H,1,15H2,2H3,(H,17,18)/b11-9+. The molecule has 0 heterocycles. The highest BCUT2D eigenvalue weighted by Gasteiger charge is 2.15. The van der Waals surface area contributed by atoms with Gasteiger partial charge >= 0.3 is 5.97 Å². The Balaban J connectivity index is 3.41. The number of carboxylic acids is 1. The summed E-state index contributed by atoms with van der Waals surface area (Å²) in [4.78, 5) is 10.7. The molecular formula is C12H12ClFN2O2. The van der Waals surface area contributed by atoms with Crippen LogP contribution in [-0.4, -0.2) is 23.1 Å². The minimum atomic E-state index is -1.21. The predicted molar refractivity (Wildman–Crippen MR) is 68.3 cm³/mol. The second kappa shape index (κ2) is 5.66. The SMILES string of the molecule is C=C/C(Cl)=C(/c1ccc(C(=O)O)cc1F)N(C)N. The number of benzene rings is 1. The van der Waals surface area contributed by atoms with E-state index in [9.17, 15) is 9.18 Å². The van der Waals surface area contributed by atoms with Crippen molar-refractivity contribution < 1.29 is 14.3 Å². The number of nitrogens with zero attached hydrogens (tertiary/aromatic N) is 1. The molecule has 18 heavy (non-hydrogen) atoms. The molecule has 3 N–H and O–H groups in total. The molecule has 0 unspecified atom stereocenters. The fourth-order valence-corrected chi connectivity index (χ4v) is 1.66. The van der Waals surface area contributed by atoms with Crippen molar-refractivity contribution in [2.45, 2.75) is 0 Å². The van der Waals surface area contributed by atoms with Crippen LogP contribution < -0.4 is 5.84 Å². The van der Waals surface area contributed by atoms with Crippen molar-refractivity contribution in [2.75, 3.05) is 7.05 Å². The van der Waals surface area contributed by atoms with Gasteiger partial charge in [-0.2, -0.15) is 0 Å². The molecule has 1 rings (SSSR count). The Morgan fingerprint density at radius 2 is 2.22 bits per heavy atom. The Hall–Kier alpha value is -1.85. The van der Waals surface area contributed by atoms with Crippen LogP contribution in [-0.2, 0) is 0 Å². The van der Waals surface area contributed by atoms with E-state index in [0.717, 1.165) is 11.1 Å². The quantitative estimate of drug-likeness (QED) is 0.501. The largest absolute Gasteiger partial charge is 0.478 e. The number of halogens is 2. The van der Waals surface area contributed by atoms with Crippen LogP contribution in [0, 0.1) is 5.82 Å². The topological polar surface area (TPSA) is 66.6 Å². The zero-order valence-corrected chi connectivity index (χ0v) is 10.4. The molecule has 0 aliphatic rings. The number of allylic oxidation sites excluding steroid dienone is 2. The number of nitrogens with two attached hydrogens (primary N) is 1. The predicted octanol–water partition coefficient (Wildman–Crippen LogP) is 2.42. The van der Waals surface area contributed by atoms with Gasteiger partial charge in [0, 0.05) is 12.6 Å². The number of carboxylic acid groups (broad SMARTS) is 1. The normalized spacial score (nSPS) is 11.8. The van der Waals surface area contributed by atoms with Gasteiger partial charge in [-0.3, -0.25) is 0 Å². The average Bonchev–Trinajstić information content (AvgIpc) is 2.30. The second-order valence-corrected chi connectivity index (χ2v) is 3.92. The summed E-state index contributed by atoms with van der Waals surface area (Å²) in [6.07, 6.45) is 1.32. The van der Waals surface area contributed by atoms with Gasteiger partial charge < -0.3 is 10.1 Å². The molecular weight excluding hydrogens is 259 g/mol. The van der Waals surface area contributed by atoms with Gasteiger partial charge in [0.25, 0.3) is 0 Å². The molecule has 4 nitrogen and oxygen atoms in total. The van der Waals surface area contributed by atoms with Crippen molar-refractivity contribution in [1.29, 1.82) is 0 Å². The maximum atomic E-state index is 13.8. The maximum Gasteiger partial charge on any atom is 0.335 e. The maximum absolute atomic E-state index is 13.8. The van der Waals surface area contributed by atoms with Crippen molar-refractivity contribution in [3.63, 3.8) is 0 Å². The molecule has 1 aromatic carbocycles. The van der Waals surface area contributed by atoms with Crippen LogP contribution in [0.4, 0.5) is 4.39 Å². The Labute approximate surface area is 109 Å². The van der Waals surface area contributed by atoms with E-state index in [1.165, 1.54) is 25.3 Å². The van der Waals surface area contributed by atoms with Gasteiger partial charge in [-0.1, -0.05) is 18.2 Å². The van der Waals surface area contributed by atoms with E-state index in [4.69, 9.17) is 22.6 Å². The van der Waals surface area contributed by atoms with Crippen LogP contribution >= 0.6 is 11.6 Å². The van der Waals surface area contributed by atoms with Crippen molar-refractivity contribution in [1.82, 2.24) is 5.01 Å². The zero-order chi connectivity index (χ0) is 13.9. The molecule has 0 aliphatic heterocycles. The molecule has 1 aromatic rings. The molecule has 0 amide bonds. The molecule has 0 saturated carbocycles. The van der Waals surface area contributed by atoms with Gasteiger partial charge in [-0.25, -0.2) is 15.0 Å². The van der Waals surface area contributed by atoms with Gasteiger partial charge in [-0.05, 0) is 24.3 Å². The first-order chi connectivity index (χ1) is 8.38. The third-order valence-corrected chi connectivity index (χ3v) is 2.56. The number of hydrogen-bond donors (Lipinski definition) is 2. The molecule has 96 valence electrons. The Morgan fingerprint density at radius 3 is 2.61 bits per heavy atom. The minimum Gasteiger partial charge on any atom is -0.478 e. The van der Waals surface area contributed by atoms with E-state index < -0.39 is 11.8 Å². The van der Waals surface area contributed by atoms with E-state index in [2.05, 4.69) is 6.58 Å². The summed E-state index contributed by atoms with van der Waals surface area (Å²) in [5.74, 6) is 3.65. The van der Waals surface area contributed by atoms with Gasteiger partial charge in [0.1, 0.15) is 5.82 Å². The average molecular weight is 271 g/mol. The van der Waals surface area contributed by atoms with E-state index in [0.29, 0.717) is 0 Å². The number of aromatic carboxylic acids is 1. The monoisotopic (exact) mass is 270 g/mol. The fourth-order valence-electron chi connectivity index (χ4n) is 1.42. The third kappa shape index (κ3) is 2.88. The first kappa shape index (κ1) is 14.2. The fraction of sp³-hybridized carbons (Fsp3) is 0.0833. The van der Waals surface area contributed by atoms with Gasteiger partial charge in [-0.15, -0.1) is 0 Å². The van der Waals surface area contributed by atoms with Crippen molar-refractivity contribution >= 4 is 23.3 Å². The van der Waals surface area contributed by atoms with Crippen molar-refractivity contribution in [2.24, 2.45) is 5.84 Å². The van der Waals surface area contributed by atoms with E-state index in [-0.39, 0.29) is 21.9 Å². The number of carbonyl (C=O) groups is 1. The highest BCUT2D eigenvalue weighted by atomic mass is 35.5. The van der Waals surface area contributed by atoms with Crippen LogP contribution in [0.5, 0.6) is 0 Å². The molecule has 0 spiro atoms. The summed E-state index contributed by atoms with van der Waals surface area (Å²) < 4.78 is 13.8. The Kier molecular flexibility index (Phi) is 4.47. The molecule has 0 radical (unpaired) electrons. The minimum absolute atomic E-state index is 0.106. The van der Waals surface area contributed by atoms with E-state index >= 15 is 0 Å². The van der Waals surface area contributed by atoms with Crippen LogP contribution in [0.2, 0.25) is 0 Å². The van der Waals surface area contributed by atoms with Crippen LogP contribution in [0.1, 0.15) is 15.9 Å². The van der Waals surface area contributed by atoms with E-state index in [1.54, 1.807) is 0 Å². The lowest BCUT2D eigenvalue weighted by atomic mass is 10.1. The summed E-state index contributed by atoms with van der Waals surface area (Å²) in [6, 6.07) is 3.50. The Bertz CT molecular complexity index is 527. The lowest BCUT2D eigenvalue weighted by Crippen LogP contribution is -2.25. The number of hydrogen-bond acceptors (Lipinski definition) is 3. The lowest BCUT2D eigenvalue weighted by Gasteiger charge is -2.18. The van der Waals surface area contributed by atoms with Crippen LogP contribution in [0.3, 0.4) is 0 Å². The molecule has 0 aliphatic carbocycles. The van der Waals surface area contributed by atoms with Crippen molar-refractivity contribution in [3.8, 4) is 0 Å². The molecule has 6 heteroatoms. The van der Waals surface area contributed by atoms with Gasteiger partial charge in [0.2, 0.25) is 0 Å². The molecule has 0 fully saturated rings. The highest BCUT2D eigenvalue weighted by Crippen LogP contribution is 2.26.